The smallest absolute Gasteiger partial charge is 0.321 e. The molecule has 2 aromatic carbocycles. The normalized spacial score (nSPS) is 11.9. The number of ether oxygens (including phenoxy) is 1. The lowest BCUT2D eigenvalue weighted by molar-refractivity contribution is -0.151. The number of nitrogens with one attached hydrogen (secondary N) is 1. The van der Waals surface area contributed by atoms with Crippen LogP contribution in [0.3, 0.4) is 0 Å². The van der Waals surface area contributed by atoms with E-state index in [2.05, 4.69) is 4.72 Å². The molecule has 2 aromatic rings. The van der Waals surface area contributed by atoms with Gasteiger partial charge in [0.05, 0.1) is 22.6 Å². The summed E-state index contributed by atoms with van der Waals surface area (Å²) in [7, 11) is -2.34. The molecule has 0 saturated carbocycles. The second kappa shape index (κ2) is 9.82. The van der Waals surface area contributed by atoms with E-state index < -0.39 is 35.1 Å². The van der Waals surface area contributed by atoms with Crippen molar-refractivity contribution >= 4 is 21.9 Å². The Kier molecular flexibility index (Phi) is 7.47. The monoisotopic (exact) mass is 415 g/mol. The zero-order chi connectivity index (χ0) is 21.4. The molecular formula is C20H21N3O5S. The van der Waals surface area contributed by atoms with Crippen LogP contribution in [0.2, 0.25) is 0 Å². The molecule has 0 radical (unpaired) electrons. The van der Waals surface area contributed by atoms with Crippen LogP contribution in [0, 0.1) is 11.3 Å². The lowest BCUT2D eigenvalue weighted by atomic mass is 10.1. The second-order valence-electron chi connectivity index (χ2n) is 6.21. The maximum absolute atomic E-state index is 12.2. The van der Waals surface area contributed by atoms with Crippen molar-refractivity contribution in [2.75, 3.05) is 20.2 Å². The Morgan fingerprint density at radius 3 is 2.34 bits per heavy atom. The molecule has 0 fully saturated rings. The molecule has 8 nitrogen and oxygen atoms in total. The van der Waals surface area contributed by atoms with Gasteiger partial charge in [-0.2, -0.15) is 9.98 Å². The van der Waals surface area contributed by atoms with E-state index in [1.807, 2.05) is 43.3 Å². The number of nitrogens with zero attached hydrogens (tertiary/aromatic N) is 2. The van der Waals surface area contributed by atoms with E-state index >= 15 is 0 Å². The van der Waals surface area contributed by atoms with Crippen molar-refractivity contribution in [1.82, 2.24) is 9.62 Å². The van der Waals surface area contributed by atoms with Crippen molar-refractivity contribution < 1.29 is 22.7 Å². The number of carbonyl (C=O) groups is 2. The van der Waals surface area contributed by atoms with Gasteiger partial charge in [-0.3, -0.25) is 9.59 Å². The third kappa shape index (κ3) is 6.14. The molecule has 0 saturated heterocycles. The van der Waals surface area contributed by atoms with Crippen molar-refractivity contribution in [3.63, 3.8) is 0 Å². The average molecular weight is 415 g/mol. The van der Waals surface area contributed by atoms with Gasteiger partial charge in [-0.25, -0.2) is 8.42 Å². The lowest BCUT2D eigenvalue weighted by Crippen LogP contribution is -2.36. The number of carbonyl (C=O) groups excluding carboxylic acids is 2. The Hall–Kier alpha value is -3.22. The number of hydrogen-bond acceptors (Lipinski definition) is 6. The van der Waals surface area contributed by atoms with Crippen LogP contribution in [0.15, 0.2) is 59.5 Å². The summed E-state index contributed by atoms with van der Waals surface area (Å²) in [4.78, 5) is 25.4. The lowest BCUT2D eigenvalue weighted by Gasteiger charge is -2.25. The minimum absolute atomic E-state index is 0.0863. The van der Waals surface area contributed by atoms with Crippen LogP contribution in [-0.2, 0) is 24.3 Å². The Morgan fingerprint density at radius 1 is 1.14 bits per heavy atom. The van der Waals surface area contributed by atoms with Gasteiger partial charge < -0.3 is 9.64 Å². The molecule has 0 bridgehead atoms. The van der Waals surface area contributed by atoms with E-state index in [1.54, 1.807) is 7.05 Å². The van der Waals surface area contributed by atoms with Gasteiger partial charge in [0.2, 0.25) is 10.0 Å². The van der Waals surface area contributed by atoms with Gasteiger partial charge in [-0.05, 0) is 36.8 Å². The van der Waals surface area contributed by atoms with Crippen LogP contribution in [0.4, 0.5) is 0 Å². The highest BCUT2D eigenvalue weighted by molar-refractivity contribution is 7.89. The quantitative estimate of drug-likeness (QED) is 0.655. The highest BCUT2D eigenvalue weighted by Gasteiger charge is 2.20. The number of sulfonamides is 1. The van der Waals surface area contributed by atoms with Crippen LogP contribution in [0.5, 0.6) is 0 Å². The molecule has 2 rings (SSSR count). The summed E-state index contributed by atoms with van der Waals surface area (Å²) in [5.41, 5.74) is 1.25. The van der Waals surface area contributed by atoms with Crippen molar-refractivity contribution in [3.05, 3.63) is 65.7 Å². The SMILES string of the molecule is C[C@@H](c1ccccc1)N(C)C(=O)COC(=O)CNS(=O)(=O)c1ccc(C#N)cc1. The van der Waals surface area contributed by atoms with Crippen molar-refractivity contribution in [3.8, 4) is 6.07 Å². The van der Waals surface area contributed by atoms with Crippen molar-refractivity contribution in [1.29, 1.82) is 5.26 Å². The fourth-order valence-electron chi connectivity index (χ4n) is 2.41. The molecule has 0 aliphatic rings. The van der Waals surface area contributed by atoms with E-state index in [0.717, 1.165) is 5.56 Å². The largest absolute Gasteiger partial charge is 0.455 e. The van der Waals surface area contributed by atoms with Crippen LogP contribution in [0.25, 0.3) is 0 Å². The summed E-state index contributed by atoms with van der Waals surface area (Å²) in [5.74, 6) is -1.29. The highest BCUT2D eigenvalue weighted by Crippen LogP contribution is 2.18. The third-order valence-electron chi connectivity index (χ3n) is 4.31. The summed E-state index contributed by atoms with van der Waals surface area (Å²) in [5, 5.41) is 8.74. The second-order valence-corrected chi connectivity index (χ2v) is 7.98. The predicted molar refractivity (Wildman–Crippen MR) is 105 cm³/mol. The first-order valence-corrected chi connectivity index (χ1v) is 10.2. The zero-order valence-corrected chi connectivity index (χ0v) is 16.8. The van der Waals surface area contributed by atoms with Crippen LogP contribution < -0.4 is 4.72 Å². The fraction of sp³-hybridized carbons (Fsp3) is 0.250. The number of rotatable bonds is 8. The first kappa shape index (κ1) is 22.1. The van der Waals surface area contributed by atoms with Gasteiger partial charge in [-0.15, -0.1) is 0 Å². The summed E-state index contributed by atoms with van der Waals surface area (Å²) in [6, 6.07) is 16.3. The van der Waals surface area contributed by atoms with E-state index in [1.165, 1.54) is 29.2 Å². The maximum atomic E-state index is 12.2. The number of nitriles is 1. The first-order chi connectivity index (χ1) is 13.7. The maximum Gasteiger partial charge on any atom is 0.321 e. The summed E-state index contributed by atoms with van der Waals surface area (Å²) in [6.07, 6.45) is 0. The number of likely N-dealkylation sites (N-methyl/N-ethyl adjacent to an activating group) is 1. The first-order valence-electron chi connectivity index (χ1n) is 8.70. The van der Waals surface area contributed by atoms with Gasteiger partial charge in [-0.1, -0.05) is 30.3 Å². The van der Waals surface area contributed by atoms with Gasteiger partial charge in [0, 0.05) is 7.05 Å². The number of amides is 1. The topological polar surface area (TPSA) is 117 Å². The minimum Gasteiger partial charge on any atom is -0.455 e. The third-order valence-corrected chi connectivity index (χ3v) is 5.73. The molecule has 1 amide bonds. The van der Waals surface area contributed by atoms with E-state index in [4.69, 9.17) is 10.00 Å². The highest BCUT2D eigenvalue weighted by atomic mass is 32.2. The minimum atomic E-state index is -3.94. The Labute approximate surface area is 169 Å². The van der Waals surface area contributed by atoms with Gasteiger partial charge in [0.1, 0.15) is 6.54 Å². The van der Waals surface area contributed by atoms with E-state index in [9.17, 15) is 18.0 Å². The van der Waals surface area contributed by atoms with Gasteiger partial charge in [0.15, 0.2) is 6.61 Å². The molecule has 9 heteroatoms. The zero-order valence-electron chi connectivity index (χ0n) is 16.0. The Bertz CT molecular complexity index is 999. The molecule has 1 N–H and O–H groups in total. The standard InChI is InChI=1S/C20H21N3O5S/c1-15(17-6-4-3-5-7-17)23(2)19(24)14-28-20(25)13-22-29(26,27)18-10-8-16(12-21)9-11-18/h3-11,15,22H,13-14H2,1-2H3/t15-/m0/s1. The molecule has 29 heavy (non-hydrogen) atoms. The van der Waals surface area contributed by atoms with E-state index in [-0.39, 0.29) is 10.9 Å². The van der Waals surface area contributed by atoms with Crippen LogP contribution in [0.1, 0.15) is 24.1 Å². The van der Waals surface area contributed by atoms with E-state index in [0.29, 0.717) is 5.56 Å². The summed E-state index contributed by atoms with van der Waals surface area (Å²) >= 11 is 0. The average Bonchev–Trinajstić information content (AvgIpc) is 2.75. The van der Waals surface area contributed by atoms with Gasteiger partial charge >= 0.3 is 5.97 Å². The Morgan fingerprint density at radius 2 is 1.76 bits per heavy atom. The number of esters is 1. The predicted octanol–water partition coefficient (Wildman–Crippen LogP) is 1.60. The molecule has 0 spiro atoms. The van der Waals surface area contributed by atoms with Gasteiger partial charge in [0.25, 0.3) is 5.91 Å². The van der Waals surface area contributed by atoms with Crippen molar-refractivity contribution in [2.24, 2.45) is 0 Å². The summed E-state index contributed by atoms with van der Waals surface area (Å²) in [6.45, 7) is 0.736. The molecular weight excluding hydrogens is 394 g/mol. The number of benzene rings is 2. The number of hydrogen-bond donors (Lipinski definition) is 1. The molecule has 0 aliphatic heterocycles. The summed E-state index contributed by atoms with van der Waals surface area (Å²) < 4.78 is 31.3. The molecule has 152 valence electrons. The van der Waals surface area contributed by atoms with Crippen LogP contribution in [-0.4, -0.2) is 45.4 Å². The molecule has 1 atom stereocenters. The van der Waals surface area contributed by atoms with Crippen molar-refractivity contribution in [2.45, 2.75) is 17.9 Å². The molecule has 0 heterocycles. The fourth-order valence-corrected chi connectivity index (χ4v) is 3.38. The van der Waals surface area contributed by atoms with Crippen LogP contribution >= 0.6 is 0 Å². The Balaban J connectivity index is 1.84. The molecule has 0 aromatic heterocycles. The molecule has 0 aliphatic carbocycles. The molecule has 0 unspecified atom stereocenters.